The van der Waals surface area contributed by atoms with E-state index >= 15 is 0 Å². The van der Waals surface area contributed by atoms with Crippen molar-refractivity contribution in [3.63, 3.8) is 0 Å². The Bertz CT molecular complexity index is 899. The smallest absolute Gasteiger partial charge is 0.268 e. The Hall–Kier alpha value is -2.28. The van der Waals surface area contributed by atoms with Gasteiger partial charge in [-0.25, -0.2) is 23.4 Å². The van der Waals surface area contributed by atoms with Crippen LogP contribution in [0.5, 0.6) is 0 Å². The second kappa shape index (κ2) is 17.2. The van der Waals surface area contributed by atoms with Crippen LogP contribution in [0.25, 0.3) is 0 Å². The molecule has 0 spiro atoms. The van der Waals surface area contributed by atoms with E-state index in [0.29, 0.717) is 0 Å². The molecule has 170 valence electrons. The molecule has 0 aromatic heterocycles. The molecule has 0 aliphatic heterocycles. The van der Waals surface area contributed by atoms with Crippen molar-refractivity contribution < 1.29 is 24.7 Å². The summed E-state index contributed by atoms with van der Waals surface area (Å²) in [5, 5.41) is 0. The maximum Gasteiger partial charge on any atom is 0.268 e. The third kappa shape index (κ3) is 9.24. The van der Waals surface area contributed by atoms with Gasteiger partial charge in [-0.3, -0.25) is 40.9 Å². The summed E-state index contributed by atoms with van der Waals surface area (Å²) in [6.45, 7) is 0. The van der Waals surface area contributed by atoms with Crippen molar-refractivity contribution in [2.24, 2.45) is 23.4 Å². The third-order valence-electron chi connectivity index (χ3n) is 3.66. The summed E-state index contributed by atoms with van der Waals surface area (Å²) < 4.78 is 0. The van der Waals surface area contributed by atoms with Gasteiger partial charge in [0.2, 0.25) is 0 Å². The number of benzene rings is 2. The van der Waals surface area contributed by atoms with Gasteiger partial charge in [-0.15, -0.1) is 0 Å². The summed E-state index contributed by atoms with van der Waals surface area (Å²) in [5.74, 6) is 17.3. The topological polar surface area (TPSA) is 304 Å². The molecule has 0 saturated heterocycles. The van der Waals surface area contributed by atoms with Crippen LogP contribution >= 0.6 is 0 Å². The van der Waals surface area contributed by atoms with E-state index < -0.39 is 23.6 Å². The Morgan fingerprint density at radius 3 is 1.06 bits per heavy atom. The van der Waals surface area contributed by atoms with Gasteiger partial charge in [0.1, 0.15) is 0 Å². The van der Waals surface area contributed by atoms with Gasteiger partial charge in [-0.1, -0.05) is 12.1 Å². The minimum absolute atomic E-state index is 0. The number of hydrogen-bond donors (Lipinski definition) is 10. The van der Waals surface area contributed by atoms with Crippen LogP contribution in [0.1, 0.15) is 41.4 Å². The molecule has 0 saturated carbocycles. The van der Waals surface area contributed by atoms with E-state index in [1.807, 2.05) is 21.7 Å². The fraction of sp³-hybridized carbons (Fsp3) is 0. The van der Waals surface area contributed by atoms with Crippen LogP contribution in [0, 0.1) is 0 Å². The predicted molar refractivity (Wildman–Crippen MR) is 123 cm³/mol. The van der Waals surface area contributed by atoms with Crippen molar-refractivity contribution in [1.82, 2.24) is 21.7 Å². The van der Waals surface area contributed by atoms with E-state index in [0.717, 1.165) is 0 Å². The van der Waals surface area contributed by atoms with Crippen LogP contribution in [0.3, 0.4) is 0 Å². The average Bonchev–Trinajstić information content (AvgIpc) is 2.76. The maximum absolute atomic E-state index is 11.3. The molecule has 2 rings (SSSR count). The number of hydrogen-bond acceptors (Lipinski definition) is 10. The SMILES string of the molecule is NNC(=O)c1cccc(N)c1C(=O)NN.NNC(=O)c1cccc(N)c1C(=O)NN.O.[Na].[Na]. The van der Waals surface area contributed by atoms with Crippen LogP contribution < -0.4 is 56.5 Å². The summed E-state index contributed by atoms with van der Waals surface area (Å²) >= 11 is 0. The second-order valence-corrected chi connectivity index (χ2v) is 5.43. The van der Waals surface area contributed by atoms with Crippen LogP contribution in [0.4, 0.5) is 11.4 Å². The molecule has 2 radical (unpaired) electrons. The number of amides is 4. The standard InChI is InChI=1S/2C8H11N5O2.2Na.H2O/c2*9-5-3-1-2-4(7(14)12-10)6(5)8(15)13-11;;;/h2*1-3H,9-11H2,(H,12,14)(H,13,15);;;1H2. The second-order valence-electron chi connectivity index (χ2n) is 5.43. The summed E-state index contributed by atoms with van der Waals surface area (Å²) in [7, 11) is 0. The number of carbonyl (C=O) groups is 4. The van der Waals surface area contributed by atoms with E-state index in [-0.39, 0.29) is 98.2 Å². The molecule has 0 heterocycles. The van der Waals surface area contributed by atoms with Crippen molar-refractivity contribution in [2.45, 2.75) is 0 Å². The fourth-order valence-corrected chi connectivity index (χ4v) is 2.33. The number of nitrogens with one attached hydrogen (secondary N) is 4. The average molecular weight is 482 g/mol. The zero-order chi connectivity index (χ0) is 22.8. The number of rotatable bonds is 4. The molecule has 2 aromatic rings. The fourth-order valence-electron chi connectivity index (χ4n) is 2.33. The van der Waals surface area contributed by atoms with E-state index in [9.17, 15) is 19.2 Å². The van der Waals surface area contributed by atoms with E-state index in [2.05, 4.69) is 0 Å². The molecule has 18 N–H and O–H groups in total. The van der Waals surface area contributed by atoms with Crippen LogP contribution in [0.15, 0.2) is 36.4 Å². The number of nitrogen functional groups attached to an aromatic ring is 6. The van der Waals surface area contributed by atoms with Crippen molar-refractivity contribution in [3.8, 4) is 0 Å². The minimum Gasteiger partial charge on any atom is -0.412 e. The first-order chi connectivity index (χ1) is 14.2. The Kier molecular flexibility index (Phi) is 18.4. The van der Waals surface area contributed by atoms with Gasteiger partial charge in [-0.2, -0.15) is 0 Å². The predicted octanol–water partition coefficient (Wildman–Crippen LogP) is -4.63. The van der Waals surface area contributed by atoms with Crippen molar-refractivity contribution in [1.29, 1.82) is 0 Å². The molecular formula is C16H24N10Na2O5. The number of nitrogens with two attached hydrogens (primary N) is 6. The Balaban J connectivity index is -0.000000500. The minimum atomic E-state index is -0.647. The molecule has 17 heteroatoms. The molecule has 15 nitrogen and oxygen atoms in total. The van der Waals surface area contributed by atoms with E-state index in [1.54, 1.807) is 0 Å². The van der Waals surface area contributed by atoms with Crippen LogP contribution in [-0.2, 0) is 0 Å². The Labute approximate surface area is 232 Å². The third-order valence-corrected chi connectivity index (χ3v) is 3.66. The van der Waals surface area contributed by atoms with Gasteiger partial charge in [0.25, 0.3) is 23.6 Å². The first kappa shape index (κ1) is 35.3. The van der Waals surface area contributed by atoms with Gasteiger partial charge >= 0.3 is 0 Å². The normalized spacial score (nSPS) is 8.61. The largest absolute Gasteiger partial charge is 0.412 e. The Morgan fingerprint density at radius 1 is 0.545 bits per heavy atom. The molecule has 0 atom stereocenters. The summed E-state index contributed by atoms with van der Waals surface area (Å²) in [4.78, 5) is 45.3. The summed E-state index contributed by atoms with van der Waals surface area (Å²) in [5.41, 5.74) is 19.2. The number of carbonyl (C=O) groups excluding carboxylic acids is 4. The van der Waals surface area contributed by atoms with Crippen LogP contribution in [-0.4, -0.2) is 88.2 Å². The first-order valence-electron chi connectivity index (χ1n) is 8.04. The zero-order valence-electron chi connectivity index (χ0n) is 18.1. The molecule has 0 bridgehead atoms. The maximum atomic E-state index is 11.3. The number of hydrazine groups is 4. The molecular weight excluding hydrogens is 458 g/mol. The van der Waals surface area contributed by atoms with Crippen molar-refractivity contribution in [3.05, 3.63) is 58.7 Å². The zero-order valence-corrected chi connectivity index (χ0v) is 22.1. The van der Waals surface area contributed by atoms with E-state index in [1.165, 1.54) is 36.4 Å². The van der Waals surface area contributed by atoms with Gasteiger partial charge in [-0.05, 0) is 24.3 Å². The molecule has 0 unspecified atom stereocenters. The Morgan fingerprint density at radius 2 is 0.818 bits per heavy atom. The van der Waals surface area contributed by atoms with Gasteiger partial charge in [0.05, 0.1) is 22.3 Å². The molecule has 2 aromatic carbocycles. The molecule has 0 aliphatic rings. The van der Waals surface area contributed by atoms with Gasteiger partial charge in [0, 0.05) is 70.5 Å². The molecule has 0 fully saturated rings. The van der Waals surface area contributed by atoms with E-state index in [4.69, 9.17) is 34.8 Å². The molecule has 0 aliphatic carbocycles. The van der Waals surface area contributed by atoms with Gasteiger partial charge < -0.3 is 16.9 Å². The molecule has 4 amide bonds. The van der Waals surface area contributed by atoms with Gasteiger partial charge in [0.15, 0.2) is 0 Å². The first-order valence-corrected chi connectivity index (χ1v) is 8.04. The summed E-state index contributed by atoms with van der Waals surface area (Å²) in [6, 6.07) is 8.88. The molecule has 33 heavy (non-hydrogen) atoms. The van der Waals surface area contributed by atoms with Crippen LogP contribution in [0.2, 0.25) is 0 Å². The number of anilines is 2. The van der Waals surface area contributed by atoms with Crippen molar-refractivity contribution in [2.75, 3.05) is 11.5 Å². The summed E-state index contributed by atoms with van der Waals surface area (Å²) in [6.07, 6.45) is 0. The quantitative estimate of drug-likeness (QED) is 0.0653. The van der Waals surface area contributed by atoms with Crippen molar-refractivity contribution >= 4 is 94.1 Å². The monoisotopic (exact) mass is 482 g/mol.